The van der Waals surface area contributed by atoms with Crippen LogP contribution in [0, 0.1) is 5.82 Å². The minimum atomic E-state index is -0.329. The van der Waals surface area contributed by atoms with Crippen molar-refractivity contribution in [3.63, 3.8) is 0 Å². The summed E-state index contributed by atoms with van der Waals surface area (Å²) < 4.78 is 14.3. The molecule has 0 radical (unpaired) electrons. The fourth-order valence-electron chi connectivity index (χ4n) is 2.30. The van der Waals surface area contributed by atoms with Crippen molar-refractivity contribution in [1.29, 1.82) is 0 Å². The zero-order valence-electron chi connectivity index (χ0n) is 10.7. The lowest BCUT2D eigenvalue weighted by Gasteiger charge is -2.21. The van der Waals surface area contributed by atoms with E-state index in [1.807, 2.05) is 0 Å². The number of hydrogen-bond acceptors (Lipinski definition) is 1. The third-order valence-corrected chi connectivity index (χ3v) is 3.82. The van der Waals surface area contributed by atoms with E-state index in [1.165, 1.54) is 37.5 Å². The van der Waals surface area contributed by atoms with Crippen molar-refractivity contribution in [2.75, 3.05) is 0 Å². The van der Waals surface area contributed by atoms with Crippen molar-refractivity contribution >= 4 is 27.9 Å². The second-order valence-corrected chi connectivity index (χ2v) is 5.76. The van der Waals surface area contributed by atoms with E-state index in [0.717, 1.165) is 17.3 Å². The molecule has 0 bridgehead atoms. The van der Waals surface area contributed by atoms with E-state index in [4.69, 9.17) is 0 Å². The number of benzene rings is 1. The minimum absolute atomic E-state index is 0.147. The first kappa shape index (κ1) is 14.3. The lowest BCUT2D eigenvalue weighted by molar-refractivity contribution is -0.117. The van der Waals surface area contributed by atoms with Crippen molar-refractivity contribution in [2.24, 2.45) is 0 Å². The van der Waals surface area contributed by atoms with Crippen LogP contribution in [0.25, 0.3) is 6.08 Å². The molecule has 1 aromatic rings. The monoisotopic (exact) mass is 325 g/mol. The van der Waals surface area contributed by atoms with Gasteiger partial charge in [-0.3, -0.25) is 4.79 Å². The molecule has 0 unspecified atom stereocenters. The second-order valence-electron chi connectivity index (χ2n) is 4.84. The average molecular weight is 326 g/mol. The smallest absolute Gasteiger partial charge is 0.244 e. The highest BCUT2D eigenvalue weighted by Gasteiger charge is 2.14. The lowest BCUT2D eigenvalue weighted by Crippen LogP contribution is -2.34. The Labute approximate surface area is 121 Å². The van der Waals surface area contributed by atoms with Gasteiger partial charge in [0.25, 0.3) is 0 Å². The average Bonchev–Trinajstić information content (AvgIpc) is 2.41. The molecule has 0 aromatic heterocycles. The molecule has 0 heterocycles. The van der Waals surface area contributed by atoms with Crippen LogP contribution in [0.15, 0.2) is 28.7 Å². The fraction of sp³-hybridized carbons (Fsp3) is 0.400. The zero-order chi connectivity index (χ0) is 13.7. The Morgan fingerprint density at radius 2 is 2.05 bits per heavy atom. The molecule has 19 heavy (non-hydrogen) atoms. The van der Waals surface area contributed by atoms with Gasteiger partial charge < -0.3 is 5.32 Å². The largest absolute Gasteiger partial charge is 0.350 e. The van der Waals surface area contributed by atoms with E-state index in [1.54, 1.807) is 12.1 Å². The number of nitrogens with one attached hydrogen (secondary N) is 1. The molecule has 0 saturated heterocycles. The molecule has 0 aliphatic heterocycles. The van der Waals surface area contributed by atoms with E-state index in [2.05, 4.69) is 21.2 Å². The van der Waals surface area contributed by atoms with Crippen LogP contribution in [-0.2, 0) is 4.79 Å². The van der Waals surface area contributed by atoms with Crippen LogP contribution in [0.5, 0.6) is 0 Å². The Morgan fingerprint density at radius 1 is 1.32 bits per heavy atom. The zero-order valence-corrected chi connectivity index (χ0v) is 12.2. The summed E-state index contributed by atoms with van der Waals surface area (Å²) in [6.45, 7) is 0. The molecule has 2 rings (SSSR count). The second kappa shape index (κ2) is 6.85. The number of carbonyl (C=O) groups excluding carboxylic acids is 1. The van der Waals surface area contributed by atoms with E-state index < -0.39 is 0 Å². The SMILES string of the molecule is O=C(/C=C\c1cc(Br)ccc1F)NC1CCCCC1. The lowest BCUT2D eigenvalue weighted by atomic mass is 9.95. The number of halogens is 2. The first-order chi connectivity index (χ1) is 9.15. The Morgan fingerprint density at radius 3 is 2.79 bits per heavy atom. The van der Waals surface area contributed by atoms with Crippen LogP contribution < -0.4 is 5.32 Å². The molecule has 1 N–H and O–H groups in total. The summed E-state index contributed by atoms with van der Waals surface area (Å²) in [6, 6.07) is 4.94. The van der Waals surface area contributed by atoms with Gasteiger partial charge in [0.15, 0.2) is 0 Å². The van der Waals surface area contributed by atoms with Crippen molar-refractivity contribution < 1.29 is 9.18 Å². The fourth-order valence-corrected chi connectivity index (χ4v) is 2.68. The van der Waals surface area contributed by atoms with Gasteiger partial charge in [0.05, 0.1) is 0 Å². The maximum Gasteiger partial charge on any atom is 0.244 e. The van der Waals surface area contributed by atoms with Crippen LogP contribution in [0.4, 0.5) is 4.39 Å². The maximum absolute atomic E-state index is 13.5. The highest BCUT2D eigenvalue weighted by molar-refractivity contribution is 9.10. The molecule has 2 nitrogen and oxygen atoms in total. The standard InChI is InChI=1S/C15H17BrFNO/c16-12-7-8-14(17)11(10-12)6-9-15(19)18-13-4-2-1-3-5-13/h6-10,13H,1-5H2,(H,18,19)/b9-6-. The summed E-state index contributed by atoms with van der Waals surface area (Å²) in [5, 5.41) is 2.96. The van der Waals surface area contributed by atoms with Gasteiger partial charge in [-0.25, -0.2) is 4.39 Å². The van der Waals surface area contributed by atoms with Crippen molar-refractivity contribution in [2.45, 2.75) is 38.1 Å². The van der Waals surface area contributed by atoms with Crippen LogP contribution in [0.3, 0.4) is 0 Å². The summed E-state index contributed by atoms with van der Waals surface area (Å²) in [5.41, 5.74) is 0.410. The normalized spacial score (nSPS) is 16.7. The summed E-state index contributed by atoms with van der Waals surface area (Å²) in [4.78, 5) is 11.7. The minimum Gasteiger partial charge on any atom is -0.350 e. The summed E-state index contributed by atoms with van der Waals surface area (Å²) in [5.74, 6) is -0.476. The third-order valence-electron chi connectivity index (χ3n) is 3.32. The highest BCUT2D eigenvalue weighted by Crippen LogP contribution is 2.18. The molecule has 4 heteroatoms. The van der Waals surface area contributed by atoms with Crippen LogP contribution in [0.2, 0.25) is 0 Å². The maximum atomic E-state index is 13.5. The molecule has 0 atom stereocenters. The van der Waals surface area contributed by atoms with Gasteiger partial charge in [0.2, 0.25) is 5.91 Å². The van der Waals surface area contributed by atoms with Crippen LogP contribution in [0.1, 0.15) is 37.7 Å². The molecular formula is C15H17BrFNO. The quantitative estimate of drug-likeness (QED) is 0.834. The van der Waals surface area contributed by atoms with Crippen LogP contribution >= 0.6 is 15.9 Å². The Hall–Kier alpha value is -1.16. The molecular weight excluding hydrogens is 309 g/mol. The summed E-state index contributed by atoms with van der Waals surface area (Å²) in [6.07, 6.45) is 8.61. The van der Waals surface area contributed by atoms with Crippen molar-refractivity contribution in [1.82, 2.24) is 5.32 Å². The van der Waals surface area contributed by atoms with E-state index in [-0.39, 0.29) is 17.8 Å². The number of carbonyl (C=O) groups is 1. The molecule has 1 aromatic carbocycles. The topological polar surface area (TPSA) is 29.1 Å². The van der Waals surface area contributed by atoms with Gasteiger partial charge in [-0.15, -0.1) is 0 Å². The Kier molecular flexibility index (Phi) is 5.14. The van der Waals surface area contributed by atoms with Gasteiger partial charge in [-0.1, -0.05) is 35.2 Å². The first-order valence-electron chi connectivity index (χ1n) is 6.59. The summed E-state index contributed by atoms with van der Waals surface area (Å²) >= 11 is 3.28. The molecule has 1 aliphatic rings. The third kappa shape index (κ3) is 4.46. The van der Waals surface area contributed by atoms with Crippen LogP contribution in [-0.4, -0.2) is 11.9 Å². The first-order valence-corrected chi connectivity index (χ1v) is 7.38. The van der Waals surface area contributed by atoms with E-state index >= 15 is 0 Å². The Balaban J connectivity index is 1.93. The predicted molar refractivity (Wildman–Crippen MR) is 78.1 cm³/mol. The van der Waals surface area contributed by atoms with Gasteiger partial charge in [0.1, 0.15) is 5.82 Å². The Bertz CT molecular complexity index is 481. The van der Waals surface area contributed by atoms with Gasteiger partial charge in [0, 0.05) is 22.2 Å². The van der Waals surface area contributed by atoms with Gasteiger partial charge in [-0.2, -0.15) is 0 Å². The number of amides is 1. The van der Waals surface area contributed by atoms with E-state index in [9.17, 15) is 9.18 Å². The number of rotatable bonds is 3. The molecule has 1 fully saturated rings. The molecule has 1 aliphatic carbocycles. The van der Waals surface area contributed by atoms with Gasteiger partial charge in [-0.05, 0) is 37.1 Å². The van der Waals surface area contributed by atoms with Gasteiger partial charge >= 0.3 is 0 Å². The summed E-state index contributed by atoms with van der Waals surface area (Å²) in [7, 11) is 0. The molecule has 102 valence electrons. The number of hydrogen-bond donors (Lipinski definition) is 1. The van der Waals surface area contributed by atoms with Crippen molar-refractivity contribution in [3.8, 4) is 0 Å². The van der Waals surface area contributed by atoms with E-state index in [0.29, 0.717) is 5.56 Å². The highest BCUT2D eigenvalue weighted by atomic mass is 79.9. The van der Waals surface area contributed by atoms with Crippen molar-refractivity contribution in [3.05, 3.63) is 40.1 Å². The predicted octanol–water partition coefficient (Wildman–Crippen LogP) is 4.05. The molecule has 1 saturated carbocycles. The molecule has 0 spiro atoms. The molecule has 1 amide bonds.